The molecule has 4 heteroatoms. The Morgan fingerprint density at radius 2 is 1.82 bits per heavy atom. The summed E-state index contributed by atoms with van der Waals surface area (Å²) in [7, 11) is 0. The van der Waals surface area contributed by atoms with Crippen LogP contribution in [0.1, 0.15) is 58.9 Å². The van der Waals surface area contributed by atoms with E-state index in [1.807, 2.05) is 30.3 Å². The molecule has 28 heavy (non-hydrogen) atoms. The third-order valence-corrected chi connectivity index (χ3v) is 7.16. The number of fused-ring (bicyclic) bond motifs is 1. The standard InChI is InChI=1S/C24H34O4/c1-16(2)18-12-14-23(3)15-13-19(25)24(4,27)22(23)21(18)28-20(26)11-10-17-8-6-5-7-9-17/h5-11,16,18-19,21-22,25,27H,12-15H2,1-4H3. The van der Waals surface area contributed by atoms with Gasteiger partial charge in [-0.1, -0.05) is 51.1 Å². The topological polar surface area (TPSA) is 66.8 Å². The highest BCUT2D eigenvalue weighted by Crippen LogP contribution is 2.57. The molecule has 2 fully saturated rings. The average molecular weight is 387 g/mol. The summed E-state index contributed by atoms with van der Waals surface area (Å²) in [5.74, 6) is -0.169. The Hall–Kier alpha value is -1.65. The second kappa shape index (κ2) is 8.00. The number of carbonyl (C=O) groups is 1. The van der Waals surface area contributed by atoms with Gasteiger partial charge in [0.05, 0.1) is 11.7 Å². The summed E-state index contributed by atoms with van der Waals surface area (Å²) in [6.07, 6.45) is 5.40. The molecule has 3 rings (SSSR count). The molecule has 0 heterocycles. The van der Waals surface area contributed by atoms with E-state index in [9.17, 15) is 15.0 Å². The van der Waals surface area contributed by atoms with E-state index in [0.29, 0.717) is 12.3 Å². The first kappa shape index (κ1) is 21.1. The quantitative estimate of drug-likeness (QED) is 0.601. The molecule has 1 aromatic carbocycles. The molecule has 0 spiro atoms. The summed E-state index contributed by atoms with van der Waals surface area (Å²) in [6.45, 7) is 8.17. The lowest BCUT2D eigenvalue weighted by atomic mass is 9.50. The van der Waals surface area contributed by atoms with Crippen molar-refractivity contribution in [2.75, 3.05) is 0 Å². The lowest BCUT2D eigenvalue weighted by Gasteiger charge is -2.59. The maximum atomic E-state index is 12.7. The van der Waals surface area contributed by atoms with E-state index in [1.54, 1.807) is 13.0 Å². The Labute approximate surface area is 168 Å². The van der Waals surface area contributed by atoms with E-state index in [1.165, 1.54) is 6.08 Å². The smallest absolute Gasteiger partial charge is 0.331 e. The summed E-state index contributed by atoms with van der Waals surface area (Å²) in [6, 6.07) is 9.64. The van der Waals surface area contributed by atoms with Gasteiger partial charge in [0.15, 0.2) is 0 Å². The SMILES string of the molecule is CC(C)C1CCC2(C)CCC(O)C(C)(O)C2C1OC(=O)C=Cc1ccccc1. The van der Waals surface area contributed by atoms with Crippen molar-refractivity contribution in [3.05, 3.63) is 42.0 Å². The molecule has 0 bridgehead atoms. The van der Waals surface area contributed by atoms with Crippen molar-refractivity contribution >= 4 is 12.0 Å². The molecule has 6 atom stereocenters. The molecule has 0 saturated heterocycles. The molecule has 154 valence electrons. The minimum Gasteiger partial charge on any atom is -0.458 e. The van der Waals surface area contributed by atoms with E-state index in [0.717, 1.165) is 24.8 Å². The van der Waals surface area contributed by atoms with Gasteiger partial charge in [-0.25, -0.2) is 4.79 Å². The Morgan fingerprint density at radius 3 is 2.46 bits per heavy atom. The number of carbonyl (C=O) groups excluding carboxylic acids is 1. The molecule has 0 aromatic heterocycles. The zero-order chi connectivity index (χ0) is 20.5. The molecule has 2 N–H and O–H groups in total. The molecule has 1 aromatic rings. The fourth-order valence-corrected chi connectivity index (χ4v) is 5.51. The maximum absolute atomic E-state index is 12.7. The summed E-state index contributed by atoms with van der Waals surface area (Å²) in [4.78, 5) is 12.7. The van der Waals surface area contributed by atoms with Crippen LogP contribution < -0.4 is 0 Å². The van der Waals surface area contributed by atoms with Gasteiger partial charge in [0.25, 0.3) is 0 Å². The van der Waals surface area contributed by atoms with E-state index < -0.39 is 17.8 Å². The van der Waals surface area contributed by atoms with Crippen molar-refractivity contribution in [3.8, 4) is 0 Å². The number of hydrogen-bond donors (Lipinski definition) is 2. The van der Waals surface area contributed by atoms with Gasteiger partial charge in [-0.15, -0.1) is 0 Å². The first-order valence-electron chi connectivity index (χ1n) is 10.5. The van der Waals surface area contributed by atoms with Gasteiger partial charge in [0.2, 0.25) is 0 Å². The van der Waals surface area contributed by atoms with Gasteiger partial charge in [-0.3, -0.25) is 0 Å². The van der Waals surface area contributed by atoms with Crippen molar-refractivity contribution in [1.29, 1.82) is 0 Å². The Balaban J connectivity index is 1.87. The lowest BCUT2D eigenvalue weighted by molar-refractivity contribution is -0.232. The summed E-state index contributed by atoms with van der Waals surface area (Å²) >= 11 is 0. The first-order valence-corrected chi connectivity index (χ1v) is 10.5. The van der Waals surface area contributed by atoms with Crippen LogP contribution in [0.5, 0.6) is 0 Å². The molecular weight excluding hydrogens is 352 g/mol. The van der Waals surface area contributed by atoms with Gasteiger partial charge in [0.1, 0.15) is 6.10 Å². The molecule has 6 unspecified atom stereocenters. The third kappa shape index (κ3) is 4.04. The lowest BCUT2D eigenvalue weighted by Crippen LogP contribution is -2.64. The van der Waals surface area contributed by atoms with Crippen molar-refractivity contribution in [2.45, 2.75) is 71.2 Å². The minimum atomic E-state index is -1.27. The van der Waals surface area contributed by atoms with Crippen LogP contribution in [0, 0.1) is 23.2 Å². The predicted molar refractivity (Wildman–Crippen MR) is 110 cm³/mol. The number of esters is 1. The number of rotatable bonds is 4. The summed E-state index contributed by atoms with van der Waals surface area (Å²) in [5, 5.41) is 21.7. The minimum absolute atomic E-state index is 0.137. The van der Waals surface area contributed by atoms with Gasteiger partial charge >= 0.3 is 5.97 Å². The highest BCUT2D eigenvalue weighted by atomic mass is 16.5. The van der Waals surface area contributed by atoms with Gasteiger partial charge < -0.3 is 14.9 Å². The number of benzene rings is 1. The molecule has 0 amide bonds. The molecular formula is C24H34O4. The van der Waals surface area contributed by atoms with Gasteiger partial charge in [-0.05, 0) is 61.5 Å². The Kier molecular flexibility index (Phi) is 6.02. The van der Waals surface area contributed by atoms with Crippen LogP contribution in [0.3, 0.4) is 0 Å². The first-order chi connectivity index (χ1) is 13.1. The molecule has 2 aliphatic rings. The number of aliphatic hydroxyl groups is 2. The van der Waals surface area contributed by atoms with Gasteiger partial charge in [-0.2, -0.15) is 0 Å². The highest BCUT2D eigenvalue weighted by Gasteiger charge is 2.60. The largest absolute Gasteiger partial charge is 0.458 e. The van der Waals surface area contributed by atoms with E-state index in [4.69, 9.17) is 4.74 Å². The summed E-state index contributed by atoms with van der Waals surface area (Å²) in [5.41, 5.74) is -0.468. The molecule has 2 aliphatic carbocycles. The normalized spacial score (nSPS) is 38.4. The van der Waals surface area contributed by atoms with E-state index in [-0.39, 0.29) is 23.2 Å². The average Bonchev–Trinajstić information content (AvgIpc) is 2.64. The van der Waals surface area contributed by atoms with E-state index in [2.05, 4.69) is 20.8 Å². The zero-order valence-corrected chi connectivity index (χ0v) is 17.5. The molecule has 4 nitrogen and oxygen atoms in total. The van der Waals surface area contributed by atoms with Gasteiger partial charge in [0, 0.05) is 12.0 Å². The molecule has 0 aliphatic heterocycles. The third-order valence-electron chi connectivity index (χ3n) is 7.16. The van der Waals surface area contributed by atoms with Crippen LogP contribution in [0.15, 0.2) is 36.4 Å². The van der Waals surface area contributed by atoms with E-state index >= 15 is 0 Å². The monoisotopic (exact) mass is 386 g/mol. The second-order valence-corrected chi connectivity index (χ2v) is 9.50. The second-order valence-electron chi connectivity index (χ2n) is 9.50. The Bertz CT molecular complexity index is 704. The van der Waals surface area contributed by atoms with Crippen LogP contribution in [-0.2, 0) is 9.53 Å². The van der Waals surface area contributed by atoms with Crippen LogP contribution >= 0.6 is 0 Å². The molecule has 2 saturated carbocycles. The van der Waals surface area contributed by atoms with Crippen molar-refractivity contribution in [2.24, 2.45) is 23.2 Å². The van der Waals surface area contributed by atoms with Crippen molar-refractivity contribution in [3.63, 3.8) is 0 Å². The van der Waals surface area contributed by atoms with Crippen LogP contribution in [-0.4, -0.2) is 34.0 Å². The van der Waals surface area contributed by atoms with Crippen LogP contribution in [0.25, 0.3) is 6.08 Å². The van der Waals surface area contributed by atoms with Crippen molar-refractivity contribution in [1.82, 2.24) is 0 Å². The summed E-state index contributed by atoms with van der Waals surface area (Å²) < 4.78 is 6.01. The fraction of sp³-hybridized carbons (Fsp3) is 0.625. The maximum Gasteiger partial charge on any atom is 0.331 e. The molecule has 0 radical (unpaired) electrons. The fourth-order valence-electron chi connectivity index (χ4n) is 5.51. The predicted octanol–water partition coefficient (Wildman–Crippen LogP) is 4.21. The van der Waals surface area contributed by atoms with Crippen LogP contribution in [0.2, 0.25) is 0 Å². The highest BCUT2D eigenvalue weighted by molar-refractivity contribution is 5.87. The zero-order valence-electron chi connectivity index (χ0n) is 17.5. The number of ether oxygens (including phenoxy) is 1. The number of aliphatic hydroxyl groups excluding tert-OH is 1. The number of hydrogen-bond acceptors (Lipinski definition) is 4. The Morgan fingerprint density at radius 1 is 1.18 bits per heavy atom. The van der Waals surface area contributed by atoms with Crippen molar-refractivity contribution < 1.29 is 19.7 Å². The van der Waals surface area contributed by atoms with Crippen LogP contribution in [0.4, 0.5) is 0 Å².